The molecule has 0 bridgehead atoms. The predicted octanol–water partition coefficient (Wildman–Crippen LogP) is 3.89. The fourth-order valence-electron chi connectivity index (χ4n) is 2.17. The molecule has 0 aliphatic carbocycles. The molecular formula is C18H19ClN2O2. The molecule has 0 saturated carbocycles. The molecule has 0 radical (unpaired) electrons. The van der Waals surface area contributed by atoms with E-state index in [0.29, 0.717) is 16.4 Å². The minimum atomic E-state index is -0.251. The molecule has 0 heterocycles. The van der Waals surface area contributed by atoms with Crippen molar-refractivity contribution in [1.82, 2.24) is 0 Å². The number of amides is 2. The average molecular weight is 331 g/mol. The summed E-state index contributed by atoms with van der Waals surface area (Å²) in [6.45, 7) is 3.45. The topological polar surface area (TPSA) is 49.4 Å². The molecule has 0 aliphatic heterocycles. The van der Waals surface area contributed by atoms with E-state index in [0.717, 1.165) is 6.42 Å². The maximum atomic E-state index is 12.2. The summed E-state index contributed by atoms with van der Waals surface area (Å²) in [6, 6.07) is 14.5. The number of rotatable bonds is 5. The SMILES string of the molecule is CCc1ccc(NC(=O)CN(C(C)=O)c2ccc(Cl)cc2)cc1. The largest absolute Gasteiger partial charge is 0.325 e. The highest BCUT2D eigenvalue weighted by atomic mass is 35.5. The van der Waals surface area contributed by atoms with E-state index in [4.69, 9.17) is 11.6 Å². The second-order valence-corrected chi connectivity index (χ2v) is 5.62. The van der Waals surface area contributed by atoms with Crippen LogP contribution in [0.25, 0.3) is 0 Å². The Labute approximate surface area is 141 Å². The summed E-state index contributed by atoms with van der Waals surface area (Å²) in [5.41, 5.74) is 2.56. The Bertz CT molecular complexity index is 681. The van der Waals surface area contributed by atoms with Crippen molar-refractivity contribution < 1.29 is 9.59 Å². The standard InChI is InChI=1S/C18H19ClN2O2/c1-3-14-4-8-16(9-5-14)20-18(23)12-21(13(2)22)17-10-6-15(19)7-11-17/h4-11H,3,12H2,1-2H3,(H,20,23). The summed E-state index contributed by atoms with van der Waals surface area (Å²) in [5, 5.41) is 3.38. The van der Waals surface area contributed by atoms with Crippen LogP contribution >= 0.6 is 11.6 Å². The smallest absolute Gasteiger partial charge is 0.244 e. The molecule has 0 atom stereocenters. The van der Waals surface area contributed by atoms with Crippen molar-refractivity contribution in [2.75, 3.05) is 16.8 Å². The molecule has 2 amide bonds. The minimum absolute atomic E-state index is 0.0491. The maximum Gasteiger partial charge on any atom is 0.244 e. The first kappa shape index (κ1) is 17.0. The molecule has 120 valence electrons. The molecule has 0 spiro atoms. The van der Waals surface area contributed by atoms with E-state index in [1.165, 1.54) is 17.4 Å². The van der Waals surface area contributed by atoms with Crippen LogP contribution in [0.15, 0.2) is 48.5 Å². The Morgan fingerprint density at radius 2 is 1.65 bits per heavy atom. The summed E-state index contributed by atoms with van der Waals surface area (Å²) in [5.74, 6) is -0.455. The zero-order chi connectivity index (χ0) is 16.8. The molecule has 2 aromatic carbocycles. The van der Waals surface area contributed by atoms with Crippen LogP contribution in [0.2, 0.25) is 5.02 Å². The molecule has 0 aliphatic rings. The first-order valence-corrected chi connectivity index (χ1v) is 7.80. The zero-order valence-corrected chi connectivity index (χ0v) is 13.9. The van der Waals surface area contributed by atoms with E-state index in [1.54, 1.807) is 24.3 Å². The van der Waals surface area contributed by atoms with Gasteiger partial charge in [-0.05, 0) is 48.4 Å². The molecule has 2 aromatic rings. The molecule has 2 rings (SSSR count). The van der Waals surface area contributed by atoms with Gasteiger partial charge in [0.25, 0.3) is 0 Å². The van der Waals surface area contributed by atoms with E-state index in [2.05, 4.69) is 12.2 Å². The second kappa shape index (κ2) is 7.79. The molecule has 0 aromatic heterocycles. The molecule has 5 heteroatoms. The molecule has 4 nitrogen and oxygen atoms in total. The third-order valence-electron chi connectivity index (χ3n) is 3.47. The van der Waals surface area contributed by atoms with Crippen molar-refractivity contribution in [3.8, 4) is 0 Å². The normalized spacial score (nSPS) is 10.2. The van der Waals surface area contributed by atoms with Gasteiger partial charge in [-0.15, -0.1) is 0 Å². The third kappa shape index (κ3) is 4.83. The highest BCUT2D eigenvalue weighted by Gasteiger charge is 2.15. The number of aryl methyl sites for hydroxylation is 1. The van der Waals surface area contributed by atoms with Crippen LogP contribution in [0.5, 0.6) is 0 Å². The fraction of sp³-hybridized carbons (Fsp3) is 0.222. The summed E-state index contributed by atoms with van der Waals surface area (Å²) in [4.78, 5) is 25.4. The average Bonchev–Trinajstić information content (AvgIpc) is 2.54. The van der Waals surface area contributed by atoms with Crippen LogP contribution in [0.1, 0.15) is 19.4 Å². The van der Waals surface area contributed by atoms with Crippen LogP contribution in [-0.4, -0.2) is 18.4 Å². The quantitative estimate of drug-likeness (QED) is 0.904. The first-order chi connectivity index (χ1) is 11.0. The molecule has 0 fully saturated rings. The van der Waals surface area contributed by atoms with E-state index in [9.17, 15) is 9.59 Å². The number of halogens is 1. The number of anilines is 2. The van der Waals surface area contributed by atoms with Crippen molar-refractivity contribution in [3.05, 3.63) is 59.1 Å². The van der Waals surface area contributed by atoms with Crippen LogP contribution in [0, 0.1) is 0 Å². The van der Waals surface area contributed by atoms with Crippen LogP contribution < -0.4 is 10.2 Å². The number of nitrogens with one attached hydrogen (secondary N) is 1. The number of hydrogen-bond acceptors (Lipinski definition) is 2. The summed E-state index contributed by atoms with van der Waals surface area (Å²) >= 11 is 5.85. The number of nitrogens with zero attached hydrogens (tertiary/aromatic N) is 1. The van der Waals surface area contributed by atoms with Crippen molar-refractivity contribution in [1.29, 1.82) is 0 Å². The van der Waals surface area contributed by atoms with Gasteiger partial charge in [-0.1, -0.05) is 30.7 Å². The van der Waals surface area contributed by atoms with Crippen molar-refractivity contribution in [2.45, 2.75) is 20.3 Å². The van der Waals surface area contributed by atoms with Gasteiger partial charge in [-0.2, -0.15) is 0 Å². The minimum Gasteiger partial charge on any atom is -0.325 e. The first-order valence-electron chi connectivity index (χ1n) is 7.42. The van der Waals surface area contributed by atoms with Crippen molar-refractivity contribution >= 4 is 34.8 Å². The van der Waals surface area contributed by atoms with E-state index in [1.807, 2.05) is 24.3 Å². The van der Waals surface area contributed by atoms with Crippen molar-refractivity contribution in [3.63, 3.8) is 0 Å². The number of carbonyl (C=O) groups is 2. The van der Waals surface area contributed by atoms with Gasteiger partial charge >= 0.3 is 0 Å². The predicted molar refractivity (Wildman–Crippen MR) is 93.9 cm³/mol. The Morgan fingerprint density at radius 1 is 1.04 bits per heavy atom. The Morgan fingerprint density at radius 3 is 2.17 bits per heavy atom. The Hall–Kier alpha value is -2.33. The van der Waals surface area contributed by atoms with E-state index < -0.39 is 0 Å². The van der Waals surface area contributed by atoms with Gasteiger partial charge < -0.3 is 10.2 Å². The monoisotopic (exact) mass is 330 g/mol. The highest BCUT2D eigenvalue weighted by Crippen LogP contribution is 2.18. The summed E-state index contributed by atoms with van der Waals surface area (Å²) < 4.78 is 0. The van der Waals surface area contributed by atoms with Crippen molar-refractivity contribution in [2.24, 2.45) is 0 Å². The Balaban J connectivity index is 2.05. The number of hydrogen-bond donors (Lipinski definition) is 1. The molecule has 1 N–H and O–H groups in total. The molecule has 23 heavy (non-hydrogen) atoms. The molecule has 0 unspecified atom stereocenters. The van der Waals surface area contributed by atoms with Gasteiger partial charge in [0.2, 0.25) is 11.8 Å². The highest BCUT2D eigenvalue weighted by molar-refractivity contribution is 6.30. The van der Waals surface area contributed by atoms with E-state index >= 15 is 0 Å². The van der Waals surface area contributed by atoms with E-state index in [-0.39, 0.29) is 18.4 Å². The lowest BCUT2D eigenvalue weighted by Crippen LogP contribution is -2.36. The van der Waals surface area contributed by atoms with Gasteiger partial charge in [0.1, 0.15) is 6.54 Å². The van der Waals surface area contributed by atoms with Gasteiger partial charge in [0, 0.05) is 23.3 Å². The lowest BCUT2D eigenvalue weighted by Gasteiger charge is -2.20. The van der Waals surface area contributed by atoms with Crippen LogP contribution in [0.3, 0.4) is 0 Å². The van der Waals surface area contributed by atoms with Crippen LogP contribution in [0.4, 0.5) is 11.4 Å². The third-order valence-corrected chi connectivity index (χ3v) is 3.72. The summed E-state index contributed by atoms with van der Waals surface area (Å²) in [6.07, 6.45) is 0.947. The van der Waals surface area contributed by atoms with Crippen LogP contribution in [-0.2, 0) is 16.0 Å². The zero-order valence-electron chi connectivity index (χ0n) is 13.2. The maximum absolute atomic E-state index is 12.2. The number of carbonyl (C=O) groups excluding carboxylic acids is 2. The molecule has 0 saturated heterocycles. The fourth-order valence-corrected chi connectivity index (χ4v) is 2.30. The lowest BCUT2D eigenvalue weighted by molar-refractivity contribution is -0.120. The Kier molecular flexibility index (Phi) is 5.77. The van der Waals surface area contributed by atoms with Gasteiger partial charge in [0.15, 0.2) is 0 Å². The number of benzene rings is 2. The lowest BCUT2D eigenvalue weighted by atomic mass is 10.1. The van der Waals surface area contributed by atoms with Gasteiger partial charge in [0.05, 0.1) is 0 Å². The molecular weight excluding hydrogens is 312 g/mol. The van der Waals surface area contributed by atoms with Gasteiger partial charge in [-0.25, -0.2) is 0 Å². The van der Waals surface area contributed by atoms with Gasteiger partial charge in [-0.3, -0.25) is 9.59 Å². The second-order valence-electron chi connectivity index (χ2n) is 5.18. The summed E-state index contributed by atoms with van der Waals surface area (Å²) in [7, 11) is 0.